The standard InChI is InChI=1S/C38H49N3O7S2Si2/c1-38(2,3)52(29-19-13-9-14-20-29,30-21-15-10-16-22-30)46-27-31-33(48-50(4,44)45)34(49-25-26-51(5,6)7)36(47-31)41-24-23-32(40-37(41)43)39-35(42)28-17-11-8-12-18-28/h8-24,31,33-34,36H,25-27H2,1-7H3,(H,39,40,42,43)/t31-,33?,34?,36-/m1/s1. The second-order valence-corrected chi connectivity index (χ2v) is 28.1. The number of rotatable bonds is 14. The van der Waals surface area contributed by atoms with Gasteiger partial charge < -0.3 is 14.5 Å². The van der Waals surface area contributed by atoms with Crippen LogP contribution in [0.25, 0.3) is 0 Å². The lowest BCUT2D eigenvalue weighted by Crippen LogP contribution is -2.67. The van der Waals surface area contributed by atoms with Gasteiger partial charge in [0.1, 0.15) is 18.0 Å². The van der Waals surface area contributed by atoms with Crippen LogP contribution in [0.2, 0.25) is 30.7 Å². The number of anilines is 1. The lowest BCUT2D eigenvalue weighted by atomic mass is 10.2. The van der Waals surface area contributed by atoms with Crippen molar-refractivity contribution >= 4 is 60.4 Å². The summed E-state index contributed by atoms with van der Waals surface area (Å²) in [6, 6.07) is 31.5. The quantitative estimate of drug-likeness (QED) is 0.126. The molecule has 0 radical (unpaired) electrons. The molecule has 5 rings (SSSR count). The summed E-state index contributed by atoms with van der Waals surface area (Å²) in [5, 5.41) is 3.89. The first-order valence-corrected chi connectivity index (χ1v) is 25.8. The van der Waals surface area contributed by atoms with Gasteiger partial charge in [-0.15, -0.1) is 0 Å². The molecular formula is C38H49N3O7S2Si2. The molecule has 10 nitrogen and oxygen atoms in total. The van der Waals surface area contributed by atoms with Gasteiger partial charge in [0.15, 0.2) is 6.23 Å². The van der Waals surface area contributed by atoms with Crippen molar-refractivity contribution in [1.29, 1.82) is 0 Å². The first-order valence-electron chi connectivity index (χ1n) is 17.3. The molecular weight excluding hydrogens is 731 g/mol. The summed E-state index contributed by atoms with van der Waals surface area (Å²) >= 11 is 1.54. The van der Waals surface area contributed by atoms with Crippen LogP contribution in [0, 0.1) is 0 Å². The number of hydrogen-bond acceptors (Lipinski definition) is 9. The van der Waals surface area contributed by atoms with E-state index >= 15 is 0 Å². The molecule has 3 aromatic carbocycles. The molecule has 1 amide bonds. The van der Waals surface area contributed by atoms with Crippen molar-refractivity contribution in [3.8, 4) is 0 Å². The summed E-state index contributed by atoms with van der Waals surface area (Å²) in [6.07, 6.45) is -0.188. The zero-order valence-electron chi connectivity index (χ0n) is 30.8. The summed E-state index contributed by atoms with van der Waals surface area (Å²) in [7, 11) is -8.48. The molecule has 278 valence electrons. The minimum atomic E-state index is -3.96. The first-order chi connectivity index (χ1) is 24.5. The lowest BCUT2D eigenvalue weighted by Gasteiger charge is -2.43. The van der Waals surface area contributed by atoms with E-state index < -0.39 is 61.8 Å². The molecule has 2 heterocycles. The molecule has 4 atom stereocenters. The number of nitrogens with zero attached hydrogens (tertiary/aromatic N) is 2. The van der Waals surface area contributed by atoms with Crippen LogP contribution in [-0.4, -0.2) is 76.3 Å². The molecule has 2 unspecified atom stereocenters. The Kier molecular flexibility index (Phi) is 12.5. The molecule has 1 N–H and O–H groups in total. The van der Waals surface area contributed by atoms with E-state index in [-0.39, 0.29) is 17.5 Å². The van der Waals surface area contributed by atoms with Crippen LogP contribution in [0.15, 0.2) is 108 Å². The lowest BCUT2D eigenvalue weighted by molar-refractivity contribution is -0.0376. The van der Waals surface area contributed by atoms with Crippen LogP contribution in [0.5, 0.6) is 0 Å². The molecule has 1 aliphatic rings. The monoisotopic (exact) mass is 779 g/mol. The molecule has 0 saturated carbocycles. The molecule has 1 aromatic heterocycles. The van der Waals surface area contributed by atoms with E-state index in [0.29, 0.717) is 5.56 Å². The predicted molar refractivity (Wildman–Crippen MR) is 214 cm³/mol. The zero-order chi connectivity index (χ0) is 37.7. The van der Waals surface area contributed by atoms with Crippen LogP contribution >= 0.6 is 11.8 Å². The average Bonchev–Trinajstić information content (AvgIpc) is 3.40. The van der Waals surface area contributed by atoms with Crippen LogP contribution in [0.1, 0.15) is 37.4 Å². The van der Waals surface area contributed by atoms with E-state index in [1.807, 2.05) is 42.5 Å². The van der Waals surface area contributed by atoms with Crippen molar-refractivity contribution < 1.29 is 26.6 Å². The average molecular weight is 780 g/mol. The Morgan fingerprint density at radius 1 is 0.923 bits per heavy atom. The molecule has 52 heavy (non-hydrogen) atoms. The molecule has 0 aliphatic carbocycles. The van der Waals surface area contributed by atoms with Gasteiger partial charge in [0, 0.05) is 19.8 Å². The van der Waals surface area contributed by atoms with Crippen LogP contribution < -0.4 is 21.4 Å². The van der Waals surface area contributed by atoms with E-state index in [9.17, 15) is 18.0 Å². The number of carbonyl (C=O) groups is 1. The van der Waals surface area contributed by atoms with Gasteiger partial charge in [0.05, 0.1) is 18.1 Å². The third-order valence-electron chi connectivity index (χ3n) is 9.00. The molecule has 1 aliphatic heterocycles. The Morgan fingerprint density at radius 2 is 1.48 bits per heavy atom. The van der Waals surface area contributed by atoms with Crippen LogP contribution in [0.4, 0.5) is 5.82 Å². The van der Waals surface area contributed by atoms with Gasteiger partial charge in [-0.2, -0.15) is 25.2 Å². The highest BCUT2D eigenvalue weighted by Crippen LogP contribution is 2.42. The van der Waals surface area contributed by atoms with Crippen molar-refractivity contribution in [2.24, 2.45) is 0 Å². The fraction of sp³-hybridized carbons (Fsp3) is 0.395. The van der Waals surface area contributed by atoms with Gasteiger partial charge in [0.2, 0.25) is 0 Å². The number of ether oxygens (including phenoxy) is 1. The van der Waals surface area contributed by atoms with Gasteiger partial charge in [-0.1, -0.05) is 119 Å². The zero-order valence-corrected chi connectivity index (χ0v) is 34.4. The maximum absolute atomic E-state index is 13.7. The molecule has 1 fully saturated rings. The maximum Gasteiger partial charge on any atom is 0.351 e. The highest BCUT2D eigenvalue weighted by atomic mass is 32.2. The van der Waals surface area contributed by atoms with Gasteiger partial charge >= 0.3 is 5.69 Å². The van der Waals surface area contributed by atoms with E-state index in [0.717, 1.165) is 28.4 Å². The number of hydrogen-bond donors (Lipinski definition) is 1. The second kappa shape index (κ2) is 16.3. The van der Waals surface area contributed by atoms with E-state index in [2.05, 4.69) is 75.0 Å². The molecule has 14 heteroatoms. The topological polar surface area (TPSA) is 126 Å². The molecule has 0 spiro atoms. The Balaban J connectivity index is 1.53. The van der Waals surface area contributed by atoms with Crippen molar-refractivity contribution in [2.45, 2.75) is 75.2 Å². The highest BCUT2D eigenvalue weighted by Gasteiger charge is 2.54. The third kappa shape index (κ3) is 9.58. The molecule has 4 aromatic rings. The summed E-state index contributed by atoms with van der Waals surface area (Å²) in [6.45, 7) is 13.3. The van der Waals surface area contributed by atoms with Crippen molar-refractivity contribution in [2.75, 3.05) is 23.9 Å². The largest absolute Gasteiger partial charge is 0.405 e. The fourth-order valence-corrected chi connectivity index (χ4v) is 15.7. The number of amides is 1. The number of carbonyl (C=O) groups excluding carboxylic acids is 1. The number of aromatic nitrogens is 2. The van der Waals surface area contributed by atoms with E-state index in [1.54, 1.807) is 24.3 Å². The molecule has 0 bridgehead atoms. The van der Waals surface area contributed by atoms with Gasteiger partial charge in [-0.25, -0.2) is 4.79 Å². The minimum Gasteiger partial charge on any atom is -0.405 e. The Hall–Kier alpha value is -3.38. The van der Waals surface area contributed by atoms with Crippen molar-refractivity contribution in [1.82, 2.24) is 9.55 Å². The van der Waals surface area contributed by atoms with E-state index in [4.69, 9.17) is 13.3 Å². The Bertz CT molecular complexity index is 1930. The normalized spacial score (nSPS) is 19.8. The Labute approximate surface area is 313 Å². The Morgan fingerprint density at radius 3 is 1.98 bits per heavy atom. The van der Waals surface area contributed by atoms with Gasteiger partial charge in [-0.05, 0) is 45.4 Å². The highest BCUT2D eigenvalue weighted by molar-refractivity contribution is 8.00. The summed E-state index contributed by atoms with van der Waals surface area (Å²) in [4.78, 5) is 30.6. The second-order valence-electron chi connectivity index (χ2n) is 15.3. The van der Waals surface area contributed by atoms with E-state index in [1.165, 1.54) is 28.6 Å². The SMILES string of the molecule is CC(C)(C)[Si](OC[C@H]1O[C@@H](n2ccc(NC(=O)c3ccccc3)nc2=O)C(SCC[Si](C)(C)C)C1OS(C)(=O)=O)(c1ccccc1)c1ccccc1. The third-order valence-corrected chi connectivity index (χ3v) is 18.0. The van der Waals surface area contributed by atoms with Gasteiger partial charge in [-0.3, -0.25) is 13.5 Å². The maximum atomic E-state index is 13.7. The van der Waals surface area contributed by atoms with Crippen LogP contribution in [-0.2, 0) is 23.5 Å². The number of nitrogens with one attached hydrogen (secondary N) is 1. The number of thioether (sulfide) groups is 1. The van der Waals surface area contributed by atoms with Gasteiger partial charge in [0.25, 0.3) is 24.3 Å². The fourth-order valence-electron chi connectivity index (χ4n) is 6.49. The van der Waals surface area contributed by atoms with Crippen molar-refractivity contribution in [3.63, 3.8) is 0 Å². The summed E-state index contributed by atoms with van der Waals surface area (Å²) in [5.74, 6) is 0.412. The summed E-state index contributed by atoms with van der Waals surface area (Å²) < 4.78 is 46.8. The summed E-state index contributed by atoms with van der Waals surface area (Å²) in [5.41, 5.74) is -0.228. The first kappa shape index (κ1) is 39.8. The smallest absolute Gasteiger partial charge is 0.351 e. The predicted octanol–water partition coefficient (Wildman–Crippen LogP) is 5.75. The minimum absolute atomic E-state index is 0.0163. The van der Waals surface area contributed by atoms with Crippen molar-refractivity contribution in [3.05, 3.63) is 119 Å². The molecule has 1 saturated heterocycles. The van der Waals surface area contributed by atoms with Crippen LogP contribution in [0.3, 0.4) is 0 Å². The number of benzene rings is 3.